The number of carbonyl (C=O) groups is 1. The van der Waals surface area contributed by atoms with Gasteiger partial charge in [0.15, 0.2) is 18.2 Å². The first-order chi connectivity index (χ1) is 16.5. The third kappa shape index (κ3) is 4.78. The Kier molecular flexibility index (Phi) is 6.25. The zero-order chi connectivity index (χ0) is 23.7. The summed E-state index contributed by atoms with van der Waals surface area (Å²) in [6.07, 6.45) is 5.06. The molecule has 5 rings (SSSR count). The molecule has 3 aromatic rings. The number of ether oxygens (including phenoxy) is 1. The van der Waals surface area contributed by atoms with Crippen molar-refractivity contribution in [2.75, 3.05) is 11.9 Å². The van der Waals surface area contributed by atoms with E-state index in [2.05, 4.69) is 20.6 Å². The van der Waals surface area contributed by atoms with Crippen LogP contribution in [0.3, 0.4) is 0 Å². The number of pyridine rings is 1. The van der Waals surface area contributed by atoms with Crippen molar-refractivity contribution >= 4 is 22.8 Å². The zero-order valence-electron chi connectivity index (χ0n) is 18.7. The van der Waals surface area contributed by atoms with E-state index < -0.39 is 5.82 Å². The molecule has 9 nitrogen and oxygen atoms in total. The molecule has 1 aliphatic heterocycles. The molecular weight excluding hydrogens is 439 g/mol. The molecule has 34 heavy (non-hydrogen) atoms. The van der Waals surface area contributed by atoms with Crippen molar-refractivity contribution in [1.82, 2.24) is 19.9 Å². The summed E-state index contributed by atoms with van der Waals surface area (Å²) in [6.45, 7) is 0.936. The monoisotopic (exact) mass is 466 g/mol. The Hall–Kier alpha value is -3.37. The van der Waals surface area contributed by atoms with Crippen LogP contribution in [0, 0.1) is 11.7 Å². The summed E-state index contributed by atoms with van der Waals surface area (Å²) in [5.74, 6) is 0.714. The van der Waals surface area contributed by atoms with E-state index in [9.17, 15) is 14.0 Å². The molecule has 0 radical (unpaired) electrons. The molecular formula is C24H27FN6O3. The summed E-state index contributed by atoms with van der Waals surface area (Å²) in [7, 11) is 0. The second kappa shape index (κ2) is 9.47. The number of nitrogens with zero attached hydrogens (tertiary/aromatic N) is 3. The number of halogens is 1. The fourth-order valence-electron chi connectivity index (χ4n) is 4.79. The topological polar surface area (TPSA) is 124 Å². The molecule has 1 saturated carbocycles. The van der Waals surface area contributed by atoms with Crippen LogP contribution in [-0.2, 0) is 17.9 Å². The summed E-state index contributed by atoms with van der Waals surface area (Å²) in [5, 5.41) is 6.27. The van der Waals surface area contributed by atoms with Crippen LogP contribution in [0.2, 0.25) is 0 Å². The Bertz CT molecular complexity index is 1270. The Morgan fingerprint density at radius 3 is 2.85 bits per heavy atom. The van der Waals surface area contributed by atoms with E-state index in [-0.39, 0.29) is 30.0 Å². The van der Waals surface area contributed by atoms with Crippen LogP contribution in [-0.4, -0.2) is 39.1 Å². The summed E-state index contributed by atoms with van der Waals surface area (Å²) in [5.41, 5.74) is 8.11. The second-order valence-electron chi connectivity index (χ2n) is 8.98. The van der Waals surface area contributed by atoms with Crippen LogP contribution >= 0.6 is 0 Å². The van der Waals surface area contributed by atoms with Crippen molar-refractivity contribution in [1.29, 1.82) is 0 Å². The van der Waals surface area contributed by atoms with Gasteiger partial charge in [0, 0.05) is 25.2 Å². The summed E-state index contributed by atoms with van der Waals surface area (Å²) in [4.78, 5) is 32.5. The third-order valence-electron chi connectivity index (χ3n) is 6.68. The minimum absolute atomic E-state index is 0.0144. The van der Waals surface area contributed by atoms with Crippen molar-refractivity contribution in [3.05, 3.63) is 58.4 Å². The molecule has 0 saturated heterocycles. The first-order valence-corrected chi connectivity index (χ1v) is 11.5. The van der Waals surface area contributed by atoms with Gasteiger partial charge in [0.25, 0.3) is 11.5 Å². The van der Waals surface area contributed by atoms with Gasteiger partial charge in [-0.05, 0) is 61.9 Å². The lowest BCUT2D eigenvalue weighted by molar-refractivity contribution is -0.118. The van der Waals surface area contributed by atoms with Gasteiger partial charge in [-0.3, -0.25) is 9.59 Å². The lowest BCUT2D eigenvalue weighted by atomic mass is 9.81. The first-order valence-electron chi connectivity index (χ1n) is 11.5. The van der Waals surface area contributed by atoms with Gasteiger partial charge in [-0.2, -0.15) is 0 Å². The predicted molar refractivity (Wildman–Crippen MR) is 125 cm³/mol. The van der Waals surface area contributed by atoms with Crippen LogP contribution in [0.1, 0.15) is 31.4 Å². The van der Waals surface area contributed by atoms with Gasteiger partial charge >= 0.3 is 0 Å². The highest BCUT2D eigenvalue weighted by Crippen LogP contribution is 2.28. The Morgan fingerprint density at radius 2 is 2.03 bits per heavy atom. The summed E-state index contributed by atoms with van der Waals surface area (Å²) < 4.78 is 20.6. The summed E-state index contributed by atoms with van der Waals surface area (Å²) >= 11 is 0. The van der Waals surface area contributed by atoms with Crippen LogP contribution in [0.15, 0.2) is 41.3 Å². The lowest BCUT2D eigenvalue weighted by Crippen LogP contribution is -2.42. The van der Waals surface area contributed by atoms with Crippen molar-refractivity contribution in [2.24, 2.45) is 11.7 Å². The van der Waals surface area contributed by atoms with Crippen LogP contribution < -0.4 is 26.7 Å². The minimum Gasteiger partial charge on any atom is -0.480 e. The maximum Gasteiger partial charge on any atom is 0.269 e. The van der Waals surface area contributed by atoms with Gasteiger partial charge in [-0.15, -0.1) is 0 Å². The Balaban J connectivity index is 1.16. The number of carbonyl (C=O) groups excluding carboxylic acids is 1. The molecule has 0 spiro atoms. The van der Waals surface area contributed by atoms with E-state index in [0.29, 0.717) is 41.7 Å². The Labute approximate surface area is 195 Å². The number of benzene rings is 1. The SMILES string of the molecule is NC(Cn1c(=O)cnc2ccc(F)cc21)C1CCC(NCc2ccc3c(n2)NC(=O)CO3)CC1. The third-order valence-corrected chi connectivity index (χ3v) is 6.68. The normalized spacial score (nSPS) is 20.9. The molecule has 0 bridgehead atoms. The van der Waals surface area contributed by atoms with Crippen LogP contribution in [0.5, 0.6) is 5.75 Å². The molecule has 1 amide bonds. The van der Waals surface area contributed by atoms with Crippen molar-refractivity contribution in [3.8, 4) is 5.75 Å². The molecule has 4 N–H and O–H groups in total. The number of nitrogens with two attached hydrogens (primary N) is 1. The zero-order valence-corrected chi connectivity index (χ0v) is 18.7. The van der Waals surface area contributed by atoms with E-state index in [0.717, 1.165) is 31.4 Å². The number of aromatic nitrogens is 3. The standard InChI is InChI=1S/C24H27FN6O3/c25-15-3-7-19-20(9-15)31(23(33)11-28-19)12-18(26)14-1-4-16(5-2-14)27-10-17-6-8-21-24(29-17)30-22(32)13-34-21/h3,6-9,11,14,16,18,27H,1-2,4-5,10,12-13,26H2,(H,29,30,32). The quantitative estimate of drug-likeness (QED) is 0.507. The van der Waals surface area contributed by atoms with E-state index in [4.69, 9.17) is 10.5 Å². The molecule has 178 valence electrons. The number of fused-ring (bicyclic) bond motifs is 2. The highest BCUT2D eigenvalue weighted by Gasteiger charge is 2.26. The smallest absolute Gasteiger partial charge is 0.269 e. The predicted octanol–water partition coefficient (Wildman–Crippen LogP) is 1.94. The fraction of sp³-hybridized carbons (Fsp3) is 0.417. The highest BCUT2D eigenvalue weighted by molar-refractivity contribution is 5.94. The average molecular weight is 467 g/mol. The molecule has 1 unspecified atom stereocenters. The number of amides is 1. The van der Waals surface area contributed by atoms with Crippen molar-refractivity contribution in [2.45, 2.75) is 50.9 Å². The van der Waals surface area contributed by atoms with E-state index in [1.807, 2.05) is 12.1 Å². The van der Waals surface area contributed by atoms with Gasteiger partial charge in [-0.25, -0.2) is 14.4 Å². The first kappa shape index (κ1) is 22.4. The van der Waals surface area contributed by atoms with Crippen molar-refractivity contribution in [3.63, 3.8) is 0 Å². The maximum absolute atomic E-state index is 13.8. The number of hydrogen-bond donors (Lipinski definition) is 3. The van der Waals surface area contributed by atoms with Crippen molar-refractivity contribution < 1.29 is 13.9 Å². The van der Waals surface area contributed by atoms with Crippen LogP contribution in [0.4, 0.5) is 10.2 Å². The molecule has 3 heterocycles. The van der Waals surface area contributed by atoms with Gasteiger partial charge in [0.1, 0.15) is 5.82 Å². The van der Waals surface area contributed by atoms with Gasteiger partial charge < -0.3 is 25.7 Å². The molecule has 1 aromatic carbocycles. The number of anilines is 1. The molecule has 1 fully saturated rings. The summed E-state index contributed by atoms with van der Waals surface area (Å²) in [6, 6.07) is 8.09. The minimum atomic E-state index is -0.405. The van der Waals surface area contributed by atoms with E-state index in [1.165, 1.54) is 22.9 Å². The molecule has 1 atom stereocenters. The van der Waals surface area contributed by atoms with Gasteiger partial charge in [0.05, 0.1) is 22.9 Å². The van der Waals surface area contributed by atoms with E-state index >= 15 is 0 Å². The largest absolute Gasteiger partial charge is 0.480 e. The second-order valence-corrected chi connectivity index (χ2v) is 8.98. The average Bonchev–Trinajstić information content (AvgIpc) is 2.84. The van der Waals surface area contributed by atoms with E-state index in [1.54, 1.807) is 6.07 Å². The molecule has 2 aliphatic rings. The van der Waals surface area contributed by atoms with Gasteiger partial charge in [0.2, 0.25) is 0 Å². The molecule has 10 heteroatoms. The Morgan fingerprint density at radius 1 is 1.21 bits per heavy atom. The molecule has 2 aromatic heterocycles. The van der Waals surface area contributed by atoms with Crippen LogP contribution in [0.25, 0.3) is 11.0 Å². The maximum atomic E-state index is 13.8. The lowest BCUT2D eigenvalue weighted by Gasteiger charge is -2.33. The number of rotatable bonds is 6. The molecule has 1 aliphatic carbocycles. The fourth-order valence-corrected chi connectivity index (χ4v) is 4.79. The van der Waals surface area contributed by atoms with Gasteiger partial charge in [-0.1, -0.05) is 0 Å². The number of nitrogens with one attached hydrogen (secondary N) is 2. The number of hydrogen-bond acceptors (Lipinski definition) is 7. The highest BCUT2D eigenvalue weighted by atomic mass is 19.1.